The number of carbonyl (C=O) groups is 2. The zero-order valence-corrected chi connectivity index (χ0v) is 34.8. The Morgan fingerprint density at radius 2 is 1.39 bits per heavy atom. The standard InChI is InChI=1S/C26H30N4O2.C25H4.H3N5O2.12H2/c1-28-22(11-8-18-5-3-2-4-6-18)26(32)30-16-14-23(30)24(31)12-9-19-7-10-21-20(17-19)13-15-29-25(21)27;1-3-5-7-9-11-13-15-17-19-21-23-25-24-22-20-18-16-14-12-10-8-6-4-2;1-2-3-4-5(6)7;;;;;;;;;;;;/h2-7,10,13,15,17,22-23,28H,8-9,11-12,14,16H2,1H3,(H2,27,29);1H,2H3;(H2,1,3)(H,2,4);12*1H/t22-,23+;;;;;;;;;;;;;;/m1............../s1. The highest BCUT2D eigenvalue weighted by Crippen LogP contribution is 2.24. The molecule has 3 aromatic rings. The Balaban J connectivity index is -0.0000000977. The molecular weight excluding hydrogens is 803 g/mol. The molecule has 0 saturated carbocycles. The number of nitro groups is 1. The number of pyridine rings is 1. The van der Waals surface area contributed by atoms with Crippen LogP contribution in [0.5, 0.6) is 0 Å². The number of rotatable bonds is 11. The predicted octanol–water partition coefficient (Wildman–Crippen LogP) is 5.78. The van der Waals surface area contributed by atoms with Gasteiger partial charge in [-0.2, -0.15) is 0 Å². The molecule has 0 bridgehead atoms. The number of amides is 1. The van der Waals surface area contributed by atoms with E-state index in [1.165, 1.54) is 11.1 Å². The molecule has 334 valence electrons. The average molecular weight is 864 g/mol. The largest absolute Gasteiger partial charge is 0.383 e. The molecule has 0 radical (unpaired) electrons. The van der Waals surface area contributed by atoms with E-state index in [0.717, 1.165) is 29.2 Å². The van der Waals surface area contributed by atoms with Gasteiger partial charge in [0.15, 0.2) is 11.0 Å². The second-order valence-electron chi connectivity index (χ2n) is 12.0. The number of likely N-dealkylation sites (N-methyl/N-ethyl adjacent to an activating group) is 1. The Morgan fingerprint density at radius 3 is 1.84 bits per heavy atom. The van der Waals surface area contributed by atoms with Crippen molar-refractivity contribution in [2.75, 3.05) is 19.3 Å². The van der Waals surface area contributed by atoms with E-state index < -0.39 is 5.03 Å². The third-order valence-corrected chi connectivity index (χ3v) is 8.04. The van der Waals surface area contributed by atoms with Gasteiger partial charge in [0.1, 0.15) is 5.82 Å². The van der Waals surface area contributed by atoms with Gasteiger partial charge in [-0.3, -0.25) is 15.4 Å². The van der Waals surface area contributed by atoms with Crippen LogP contribution in [0.1, 0.15) is 54.4 Å². The van der Waals surface area contributed by atoms with E-state index in [1.54, 1.807) is 18.0 Å². The molecule has 1 amide bonds. The van der Waals surface area contributed by atoms with Gasteiger partial charge in [0.25, 0.3) is 0 Å². The van der Waals surface area contributed by atoms with Crippen molar-refractivity contribution >= 4 is 28.3 Å². The molecule has 0 spiro atoms. The van der Waals surface area contributed by atoms with Gasteiger partial charge in [-0.05, 0) is 157 Å². The first-order valence-electron chi connectivity index (χ1n) is 18.8. The number of ketones is 1. The lowest BCUT2D eigenvalue weighted by molar-refractivity contribution is -0.546. The fraction of sp³-hybridized carbons (Fsp3) is 0.196. The first-order chi connectivity index (χ1) is 31.2. The van der Waals surface area contributed by atoms with E-state index in [-0.39, 0.29) is 40.9 Å². The Hall–Kier alpha value is -9.93. The van der Waals surface area contributed by atoms with E-state index >= 15 is 0 Å². The summed E-state index contributed by atoms with van der Waals surface area (Å²) in [6, 6.07) is 17.5. The lowest BCUT2D eigenvalue weighted by Gasteiger charge is -2.41. The second-order valence-corrected chi connectivity index (χ2v) is 12.0. The van der Waals surface area contributed by atoms with Crippen molar-refractivity contribution in [1.82, 2.24) is 20.7 Å². The normalized spacial score (nSPS) is 10.8. The molecule has 2 atom stereocenters. The molecule has 1 aliphatic rings. The number of aryl methyl sites for hydroxylation is 2. The molecule has 1 saturated heterocycles. The van der Waals surface area contributed by atoms with Crippen molar-refractivity contribution in [3.8, 4) is 143 Å². The summed E-state index contributed by atoms with van der Waals surface area (Å²) in [5.41, 5.74) is 9.57. The van der Waals surface area contributed by atoms with Gasteiger partial charge >= 0.3 is 0 Å². The number of nitrogens with zero attached hydrogens (tertiary/aromatic N) is 5. The molecule has 1 aromatic heterocycles. The second kappa shape index (κ2) is 32.0. The smallest absolute Gasteiger partial charge is 0.240 e. The van der Waals surface area contributed by atoms with Gasteiger partial charge in [-0.1, -0.05) is 54.5 Å². The number of hydrogen-bond acceptors (Lipinski definition) is 9. The number of aromatic nitrogens is 1. The summed E-state index contributed by atoms with van der Waals surface area (Å²) in [7, 11) is 1.81. The average Bonchev–Trinajstić information content (AvgIpc) is 3.29. The van der Waals surface area contributed by atoms with E-state index in [9.17, 15) is 19.7 Å². The third-order valence-electron chi connectivity index (χ3n) is 8.04. The molecule has 1 fully saturated rings. The van der Waals surface area contributed by atoms with E-state index in [2.05, 4.69) is 181 Å². The van der Waals surface area contributed by atoms with Crippen molar-refractivity contribution < 1.29 is 31.7 Å². The minimum Gasteiger partial charge on any atom is -0.383 e. The number of Topliss-reactive ketones (excluding diaryl/α,β-unsaturated/α-hetero) is 1. The Morgan fingerprint density at radius 1 is 0.844 bits per heavy atom. The van der Waals surface area contributed by atoms with Crippen molar-refractivity contribution in [2.45, 2.75) is 51.1 Å². The highest BCUT2D eigenvalue weighted by molar-refractivity contribution is 5.93. The highest BCUT2D eigenvalue weighted by atomic mass is 16.7. The Labute approximate surface area is 391 Å². The zero-order chi connectivity index (χ0) is 46.5. The van der Waals surface area contributed by atoms with Gasteiger partial charge in [-0.15, -0.1) is 6.42 Å². The highest BCUT2D eigenvalue weighted by Gasteiger charge is 2.39. The molecule has 2 aromatic carbocycles. The molecule has 13 nitrogen and oxygen atoms in total. The molecule has 64 heavy (non-hydrogen) atoms. The zero-order valence-electron chi connectivity index (χ0n) is 34.8. The fourth-order valence-electron chi connectivity index (χ4n) is 5.13. The van der Waals surface area contributed by atoms with Crippen LogP contribution in [-0.2, 0) is 22.4 Å². The maximum Gasteiger partial charge on any atom is 0.240 e. The summed E-state index contributed by atoms with van der Waals surface area (Å²) in [4.78, 5) is 41.0. The van der Waals surface area contributed by atoms with Crippen LogP contribution in [0.4, 0.5) is 5.82 Å². The Kier molecular flexibility index (Phi) is 25.1. The number of carbonyl (C=O) groups excluding carboxylic acids is 2. The number of hydrazine groups is 1. The van der Waals surface area contributed by atoms with E-state index in [0.29, 0.717) is 31.6 Å². The van der Waals surface area contributed by atoms with Crippen LogP contribution in [0.3, 0.4) is 0 Å². The van der Waals surface area contributed by atoms with Crippen LogP contribution in [0.15, 0.2) is 71.2 Å². The number of fused-ring (bicyclic) bond motifs is 1. The molecule has 2 heterocycles. The van der Waals surface area contributed by atoms with Gasteiger partial charge in [0, 0.05) is 82.7 Å². The van der Waals surface area contributed by atoms with Gasteiger partial charge in [-0.25, -0.2) is 4.98 Å². The molecule has 1 aliphatic heterocycles. The van der Waals surface area contributed by atoms with Crippen LogP contribution in [0, 0.1) is 153 Å². The molecular formula is C51H61N9O4. The van der Waals surface area contributed by atoms with Gasteiger partial charge in [0.05, 0.1) is 22.3 Å². The summed E-state index contributed by atoms with van der Waals surface area (Å²) < 4.78 is 0. The third kappa shape index (κ3) is 21.2. The number of nitrogens with two attached hydrogens (primary N) is 2. The molecule has 4 rings (SSSR count). The van der Waals surface area contributed by atoms with Crippen molar-refractivity contribution in [2.24, 2.45) is 16.3 Å². The number of likely N-dealkylation sites (tertiary alicyclic amines) is 1. The molecule has 0 unspecified atom stereocenters. The summed E-state index contributed by atoms with van der Waals surface area (Å²) in [6.07, 6.45) is 9.97. The first-order valence-corrected chi connectivity index (χ1v) is 18.8. The van der Waals surface area contributed by atoms with E-state index in [1.807, 2.05) is 43.4 Å². The van der Waals surface area contributed by atoms with Crippen LogP contribution in [0.25, 0.3) is 10.8 Å². The molecule has 0 aliphatic carbocycles. The van der Waals surface area contributed by atoms with Crippen molar-refractivity contribution in [3.63, 3.8) is 0 Å². The minimum atomic E-state index is -0.879. The number of hydrogen-bond donors (Lipinski definition) is 4. The molecule has 6 N–H and O–H groups in total. The lowest BCUT2D eigenvalue weighted by Crippen LogP contribution is -2.59. The maximum atomic E-state index is 13.0. The van der Waals surface area contributed by atoms with Crippen LogP contribution in [-0.4, -0.2) is 52.3 Å². The van der Waals surface area contributed by atoms with Gasteiger partial charge in [0.2, 0.25) is 5.91 Å². The first kappa shape index (κ1) is 50.2. The number of anilines is 1. The van der Waals surface area contributed by atoms with E-state index in [4.69, 9.17) is 12.2 Å². The summed E-state index contributed by atoms with van der Waals surface area (Å²) >= 11 is 0. The number of nitrogens with one attached hydrogen (secondary N) is 2. The number of benzene rings is 2. The van der Waals surface area contributed by atoms with Crippen LogP contribution < -0.4 is 22.4 Å². The summed E-state index contributed by atoms with van der Waals surface area (Å²) in [6.45, 7) is 2.35. The van der Waals surface area contributed by atoms with Crippen LogP contribution >= 0.6 is 0 Å². The lowest BCUT2D eigenvalue weighted by atomic mass is 9.92. The van der Waals surface area contributed by atoms with Crippen molar-refractivity contribution in [1.29, 1.82) is 0 Å². The number of terminal acetylenes is 1. The minimum absolute atomic E-state index is 0. The quantitative estimate of drug-likeness (QED) is 0.0608. The summed E-state index contributed by atoms with van der Waals surface area (Å²) in [5, 5.41) is 18.6. The van der Waals surface area contributed by atoms with Crippen molar-refractivity contribution in [3.05, 3.63) is 82.0 Å². The topological polar surface area (TPSA) is 194 Å². The Bertz CT molecular complexity index is 3020. The summed E-state index contributed by atoms with van der Waals surface area (Å²) in [5.74, 6) is 61.9. The number of nitrogen functional groups attached to an aromatic ring is 1. The monoisotopic (exact) mass is 863 g/mol. The fourth-order valence-corrected chi connectivity index (χ4v) is 5.13. The van der Waals surface area contributed by atoms with Gasteiger partial charge < -0.3 is 26.1 Å². The van der Waals surface area contributed by atoms with Crippen LogP contribution in [0.2, 0.25) is 0 Å². The predicted molar refractivity (Wildman–Crippen MR) is 272 cm³/mol. The molecule has 13 heteroatoms. The SMILES string of the molecule is C#CC#CC#CC#CC#CC#CC#CC#CC#CC#CC#CC#CC.CN[C@H](CCc1ccccc1)C(=O)N1CC[C@H]1C(=O)CCc1ccc2c(N)nccc2c1.NN=NN[N+](=O)[O-].[HH].[HH].[HH].[HH].[HH].[HH].[HH].[HH].[HH].[HH].[HH].[HH]. The maximum absolute atomic E-state index is 13.0.